The lowest BCUT2D eigenvalue weighted by atomic mass is 10.1. The van der Waals surface area contributed by atoms with Crippen molar-refractivity contribution in [3.63, 3.8) is 0 Å². The highest BCUT2D eigenvalue weighted by Crippen LogP contribution is 2.09. The first-order valence-corrected chi connectivity index (χ1v) is 6.02. The predicted molar refractivity (Wildman–Crippen MR) is 68.9 cm³/mol. The number of Topliss-reactive ketones (excluding diaryl/α,β-unsaturated/α-hetero) is 1. The summed E-state index contributed by atoms with van der Waals surface area (Å²) < 4.78 is 0.905. The van der Waals surface area contributed by atoms with Crippen molar-refractivity contribution >= 4 is 21.7 Å². The van der Waals surface area contributed by atoms with E-state index in [4.69, 9.17) is 0 Å². The van der Waals surface area contributed by atoms with Gasteiger partial charge >= 0.3 is 0 Å². The van der Waals surface area contributed by atoms with Gasteiger partial charge in [-0.25, -0.2) is 0 Å². The summed E-state index contributed by atoms with van der Waals surface area (Å²) in [4.78, 5) is 20.3. The van der Waals surface area contributed by atoms with Gasteiger partial charge in [0.15, 0.2) is 5.78 Å². The zero-order valence-corrected chi connectivity index (χ0v) is 10.9. The van der Waals surface area contributed by atoms with E-state index in [0.717, 1.165) is 15.9 Å². The van der Waals surface area contributed by atoms with Gasteiger partial charge in [0.05, 0.1) is 6.42 Å². The third-order valence-corrected chi connectivity index (χ3v) is 2.77. The van der Waals surface area contributed by atoms with Crippen LogP contribution in [-0.2, 0) is 6.42 Å². The number of hydrogen-bond donors (Lipinski definition) is 0. The van der Waals surface area contributed by atoms with Crippen molar-refractivity contribution in [1.82, 2.24) is 9.97 Å². The van der Waals surface area contributed by atoms with Crippen molar-refractivity contribution in [2.75, 3.05) is 0 Å². The van der Waals surface area contributed by atoms with Crippen LogP contribution < -0.4 is 0 Å². The minimum atomic E-state index is -0.0106. The molecule has 2 heterocycles. The Bertz CT molecular complexity index is 537. The minimum absolute atomic E-state index is 0.0106. The van der Waals surface area contributed by atoms with Gasteiger partial charge in [-0.1, -0.05) is 6.07 Å². The molecule has 17 heavy (non-hydrogen) atoms. The van der Waals surface area contributed by atoms with Gasteiger partial charge in [0, 0.05) is 22.1 Å². The Morgan fingerprint density at radius 1 is 1.29 bits per heavy atom. The largest absolute Gasteiger partial charge is 0.292 e. The summed E-state index contributed by atoms with van der Waals surface area (Å²) >= 11 is 3.31. The van der Waals surface area contributed by atoms with E-state index in [1.807, 2.05) is 31.2 Å². The lowest BCUT2D eigenvalue weighted by molar-refractivity contribution is 0.0987. The number of ketones is 1. The fraction of sp³-hybridized carbons (Fsp3) is 0.154. The average Bonchev–Trinajstić information content (AvgIpc) is 2.32. The molecule has 0 aliphatic carbocycles. The molecule has 0 aliphatic heterocycles. The van der Waals surface area contributed by atoms with Gasteiger partial charge in [0.1, 0.15) is 5.69 Å². The van der Waals surface area contributed by atoms with Crippen molar-refractivity contribution < 1.29 is 4.79 Å². The van der Waals surface area contributed by atoms with E-state index in [1.165, 1.54) is 0 Å². The van der Waals surface area contributed by atoms with Crippen LogP contribution in [0.3, 0.4) is 0 Å². The molecular formula is C13H11BrN2O. The monoisotopic (exact) mass is 290 g/mol. The summed E-state index contributed by atoms with van der Waals surface area (Å²) in [6.45, 7) is 1.87. The van der Waals surface area contributed by atoms with E-state index < -0.39 is 0 Å². The predicted octanol–water partition coefficient (Wildman–Crippen LogP) is 2.97. The van der Waals surface area contributed by atoms with Crippen molar-refractivity contribution in [3.8, 4) is 0 Å². The third-order valence-electron chi connectivity index (χ3n) is 2.30. The summed E-state index contributed by atoms with van der Waals surface area (Å²) in [7, 11) is 0. The normalized spacial score (nSPS) is 10.2. The van der Waals surface area contributed by atoms with E-state index in [-0.39, 0.29) is 12.2 Å². The average molecular weight is 291 g/mol. The molecule has 0 aromatic carbocycles. The van der Waals surface area contributed by atoms with Crippen LogP contribution in [0.15, 0.2) is 41.0 Å². The van der Waals surface area contributed by atoms with Gasteiger partial charge in [-0.05, 0) is 47.1 Å². The fourth-order valence-corrected chi connectivity index (χ4v) is 1.70. The molecule has 2 rings (SSSR count). The van der Waals surface area contributed by atoms with Crippen molar-refractivity contribution in [2.45, 2.75) is 13.3 Å². The molecule has 0 unspecified atom stereocenters. The van der Waals surface area contributed by atoms with Crippen LogP contribution in [-0.4, -0.2) is 15.8 Å². The van der Waals surface area contributed by atoms with Crippen molar-refractivity contribution in [1.29, 1.82) is 0 Å². The Balaban J connectivity index is 2.14. The maximum Gasteiger partial charge on any atom is 0.187 e. The van der Waals surface area contributed by atoms with Crippen LogP contribution in [0.1, 0.15) is 21.9 Å². The highest BCUT2D eigenvalue weighted by molar-refractivity contribution is 9.10. The molecule has 4 heteroatoms. The molecular weight excluding hydrogens is 280 g/mol. The molecule has 0 aliphatic rings. The fourth-order valence-electron chi connectivity index (χ4n) is 1.46. The Labute approximate surface area is 108 Å². The van der Waals surface area contributed by atoms with Crippen LogP contribution in [0.4, 0.5) is 0 Å². The first-order chi connectivity index (χ1) is 8.15. The zero-order chi connectivity index (χ0) is 12.3. The number of halogens is 1. The molecule has 0 radical (unpaired) electrons. The second kappa shape index (κ2) is 5.19. The highest BCUT2D eigenvalue weighted by atomic mass is 79.9. The quantitative estimate of drug-likeness (QED) is 0.816. The van der Waals surface area contributed by atoms with Gasteiger partial charge in [-0.2, -0.15) is 0 Å². The summed E-state index contributed by atoms with van der Waals surface area (Å²) in [6.07, 6.45) is 1.97. The van der Waals surface area contributed by atoms with Gasteiger partial charge in [-0.3, -0.25) is 14.8 Å². The molecule has 86 valence electrons. The van der Waals surface area contributed by atoms with Crippen LogP contribution in [0, 0.1) is 6.92 Å². The number of carbonyl (C=O) groups excluding carboxylic acids is 1. The van der Waals surface area contributed by atoms with E-state index in [9.17, 15) is 4.79 Å². The van der Waals surface area contributed by atoms with Gasteiger partial charge in [0.25, 0.3) is 0 Å². The summed E-state index contributed by atoms with van der Waals surface area (Å²) in [5, 5.41) is 0. The lowest BCUT2D eigenvalue weighted by Gasteiger charge is -2.01. The Hall–Kier alpha value is -1.55. The molecule has 0 spiro atoms. The van der Waals surface area contributed by atoms with Gasteiger partial charge < -0.3 is 0 Å². The Morgan fingerprint density at radius 3 is 2.76 bits per heavy atom. The number of aryl methyl sites for hydroxylation is 1. The number of aromatic nitrogens is 2. The Kier molecular flexibility index (Phi) is 3.64. The molecule has 2 aromatic rings. The standard InChI is InChI=1S/C13H11BrN2O/c1-9-3-2-4-12(16-9)13(17)7-11-6-5-10(14)8-15-11/h2-6,8H,7H2,1H3. The zero-order valence-electron chi connectivity index (χ0n) is 9.35. The molecule has 2 aromatic heterocycles. The number of carbonyl (C=O) groups is 1. The topological polar surface area (TPSA) is 42.9 Å². The number of pyridine rings is 2. The summed E-state index contributed by atoms with van der Waals surface area (Å²) in [5.41, 5.74) is 2.09. The third kappa shape index (κ3) is 3.20. The summed E-state index contributed by atoms with van der Waals surface area (Å²) in [5.74, 6) is -0.0106. The van der Waals surface area contributed by atoms with E-state index >= 15 is 0 Å². The number of nitrogens with zero attached hydrogens (tertiary/aromatic N) is 2. The van der Waals surface area contributed by atoms with Crippen molar-refractivity contribution in [3.05, 3.63) is 58.1 Å². The first-order valence-electron chi connectivity index (χ1n) is 5.22. The lowest BCUT2D eigenvalue weighted by Crippen LogP contribution is -2.07. The van der Waals surface area contributed by atoms with Gasteiger partial charge in [-0.15, -0.1) is 0 Å². The molecule has 0 saturated heterocycles. The van der Waals surface area contributed by atoms with E-state index in [2.05, 4.69) is 25.9 Å². The molecule has 0 saturated carbocycles. The summed E-state index contributed by atoms with van der Waals surface area (Å²) in [6, 6.07) is 9.14. The van der Waals surface area contributed by atoms with Gasteiger partial charge in [0.2, 0.25) is 0 Å². The maximum absolute atomic E-state index is 11.9. The second-order valence-corrected chi connectivity index (χ2v) is 4.65. The number of hydrogen-bond acceptors (Lipinski definition) is 3. The molecule has 0 atom stereocenters. The van der Waals surface area contributed by atoms with Crippen LogP contribution >= 0.6 is 15.9 Å². The molecule has 3 nitrogen and oxygen atoms in total. The van der Waals surface area contributed by atoms with Crippen molar-refractivity contribution in [2.24, 2.45) is 0 Å². The van der Waals surface area contributed by atoms with E-state index in [0.29, 0.717) is 5.69 Å². The second-order valence-electron chi connectivity index (χ2n) is 3.73. The highest BCUT2D eigenvalue weighted by Gasteiger charge is 2.09. The molecule has 0 N–H and O–H groups in total. The van der Waals surface area contributed by atoms with Crippen LogP contribution in [0.25, 0.3) is 0 Å². The minimum Gasteiger partial charge on any atom is -0.292 e. The number of rotatable bonds is 3. The SMILES string of the molecule is Cc1cccc(C(=O)Cc2ccc(Br)cn2)n1. The van der Waals surface area contributed by atoms with E-state index in [1.54, 1.807) is 12.3 Å². The Morgan fingerprint density at radius 2 is 2.12 bits per heavy atom. The molecule has 0 fully saturated rings. The molecule has 0 bridgehead atoms. The maximum atomic E-state index is 11.9. The molecule has 0 amide bonds. The smallest absolute Gasteiger partial charge is 0.187 e. The first kappa shape index (κ1) is 11.9. The van der Waals surface area contributed by atoms with Crippen LogP contribution in [0.5, 0.6) is 0 Å². The van der Waals surface area contributed by atoms with Crippen LogP contribution in [0.2, 0.25) is 0 Å².